The maximum Gasteiger partial charge on any atom is 0.354 e. The van der Waals surface area contributed by atoms with Crippen LogP contribution < -0.4 is 22.5 Å². The summed E-state index contributed by atoms with van der Waals surface area (Å²) in [7, 11) is 0. The van der Waals surface area contributed by atoms with Gasteiger partial charge in [-0.2, -0.15) is 4.98 Å². The lowest BCUT2D eigenvalue weighted by atomic mass is 10.00. The molecule has 0 unspecified atom stereocenters. The molecule has 0 spiro atoms. The van der Waals surface area contributed by atoms with E-state index in [0.717, 1.165) is 36.8 Å². The number of aromatic nitrogens is 3. The summed E-state index contributed by atoms with van der Waals surface area (Å²) in [5, 5.41) is 4.34. The number of aryl methyl sites for hydroxylation is 1. The zero-order valence-electron chi connectivity index (χ0n) is 23.9. The van der Waals surface area contributed by atoms with Gasteiger partial charge in [0.1, 0.15) is 5.65 Å². The lowest BCUT2D eigenvalue weighted by Crippen LogP contribution is -2.44. The van der Waals surface area contributed by atoms with Gasteiger partial charge in [0.05, 0.1) is 35.7 Å². The Morgan fingerprint density at radius 3 is 2.74 bits per heavy atom. The van der Waals surface area contributed by atoms with E-state index in [0.29, 0.717) is 53.7 Å². The first-order valence-electron chi connectivity index (χ1n) is 14.3. The molecule has 2 aromatic heterocycles. The number of benzene rings is 2. The Bertz CT molecular complexity index is 1630. The standard InChI is InChI=1S/C31H37ClFN7O2/c1-18(2)4-3-5-19-12-24(28(33)25(32)13-19)26-14-21-15-40(31(41)39-29(21)38-26)23-8-6-20(7-9-23)27-17-42-16-22(37-27)10-11-36-30(34)35/h6-9,12-15,18,22,27,37H,3-5,10-11,16-17H2,1-2H3,(H4,34,35,36)(H,38,39,41)/t22-,27-/m0/s1. The van der Waals surface area contributed by atoms with Crippen molar-refractivity contribution in [1.29, 1.82) is 0 Å². The van der Waals surface area contributed by atoms with Crippen LogP contribution in [0.25, 0.3) is 28.0 Å². The molecule has 2 atom stereocenters. The molecule has 0 bridgehead atoms. The van der Waals surface area contributed by atoms with Crippen LogP contribution in [0.2, 0.25) is 5.02 Å². The second kappa shape index (κ2) is 13.1. The van der Waals surface area contributed by atoms with E-state index in [-0.39, 0.29) is 23.1 Å². The molecule has 3 heterocycles. The van der Waals surface area contributed by atoms with Crippen LogP contribution >= 0.6 is 11.6 Å². The molecule has 0 aliphatic carbocycles. The SMILES string of the molecule is CC(C)CCCc1cc(Cl)c(F)c(-c2cc3cn(-c4ccc([C@@H]5COC[C@H](CCN=C(N)N)N5)cc4)c(=O)nc3[nH]2)c1. The van der Waals surface area contributed by atoms with Crippen molar-refractivity contribution >= 4 is 28.6 Å². The smallest absolute Gasteiger partial charge is 0.354 e. The normalized spacial score (nSPS) is 17.2. The van der Waals surface area contributed by atoms with Crippen molar-refractivity contribution in [3.05, 3.63) is 81.1 Å². The van der Waals surface area contributed by atoms with Crippen LogP contribution in [0.4, 0.5) is 4.39 Å². The van der Waals surface area contributed by atoms with Crippen molar-refractivity contribution in [3.8, 4) is 16.9 Å². The van der Waals surface area contributed by atoms with E-state index in [4.69, 9.17) is 27.8 Å². The number of hydrogen-bond donors (Lipinski definition) is 4. The topological polar surface area (TPSA) is 136 Å². The van der Waals surface area contributed by atoms with Gasteiger partial charge in [0.15, 0.2) is 11.8 Å². The molecule has 0 radical (unpaired) electrons. The summed E-state index contributed by atoms with van der Waals surface area (Å²) < 4.78 is 22.4. The number of hydrogen-bond acceptors (Lipinski definition) is 5. The van der Waals surface area contributed by atoms with Crippen molar-refractivity contribution in [2.45, 2.75) is 51.6 Å². The number of halogens is 2. The molecule has 1 aliphatic heterocycles. The molecule has 1 fully saturated rings. The second-order valence-electron chi connectivity index (χ2n) is 11.2. The first-order valence-corrected chi connectivity index (χ1v) is 14.7. The van der Waals surface area contributed by atoms with Crippen LogP contribution in [-0.4, -0.2) is 46.3 Å². The Morgan fingerprint density at radius 2 is 2.00 bits per heavy atom. The second-order valence-corrected chi connectivity index (χ2v) is 11.7. The predicted octanol–water partition coefficient (Wildman–Crippen LogP) is 4.85. The van der Waals surface area contributed by atoms with E-state index < -0.39 is 11.5 Å². The fourth-order valence-corrected chi connectivity index (χ4v) is 5.55. The molecule has 0 saturated carbocycles. The first kappa shape index (κ1) is 29.8. The molecule has 5 rings (SSSR count). The zero-order chi connectivity index (χ0) is 29.8. The summed E-state index contributed by atoms with van der Waals surface area (Å²) in [6, 6.07) is 13.1. The van der Waals surface area contributed by atoms with Gasteiger partial charge in [0, 0.05) is 29.7 Å². The summed E-state index contributed by atoms with van der Waals surface area (Å²) in [6.07, 6.45) is 5.36. The third-order valence-electron chi connectivity index (χ3n) is 7.52. The van der Waals surface area contributed by atoms with E-state index >= 15 is 4.39 Å². The van der Waals surface area contributed by atoms with Gasteiger partial charge in [-0.25, -0.2) is 9.18 Å². The maximum atomic E-state index is 15.1. The van der Waals surface area contributed by atoms with Gasteiger partial charge >= 0.3 is 5.69 Å². The molecule has 1 saturated heterocycles. The van der Waals surface area contributed by atoms with Gasteiger partial charge in [-0.3, -0.25) is 9.56 Å². The highest BCUT2D eigenvalue weighted by Crippen LogP contribution is 2.31. The number of fused-ring (bicyclic) bond motifs is 1. The van der Waals surface area contributed by atoms with E-state index in [1.54, 1.807) is 18.3 Å². The number of nitrogens with zero attached hydrogens (tertiary/aromatic N) is 3. The lowest BCUT2D eigenvalue weighted by Gasteiger charge is -2.31. The molecule has 4 aromatic rings. The fraction of sp³-hybridized carbons (Fsp3) is 0.387. The molecule has 1 aliphatic rings. The highest BCUT2D eigenvalue weighted by atomic mass is 35.5. The van der Waals surface area contributed by atoms with Crippen molar-refractivity contribution in [2.24, 2.45) is 22.4 Å². The number of aliphatic imine (C=N–C) groups is 1. The quantitative estimate of drug-likeness (QED) is 0.153. The van der Waals surface area contributed by atoms with Crippen molar-refractivity contribution in [1.82, 2.24) is 19.9 Å². The Balaban J connectivity index is 1.35. The third kappa shape index (κ3) is 7.00. The van der Waals surface area contributed by atoms with Gasteiger partial charge in [-0.1, -0.05) is 44.0 Å². The number of morpholine rings is 1. The number of H-pyrrole nitrogens is 1. The van der Waals surface area contributed by atoms with Crippen LogP contribution in [0.1, 0.15) is 50.3 Å². The fourth-order valence-electron chi connectivity index (χ4n) is 5.31. The van der Waals surface area contributed by atoms with E-state index in [1.807, 2.05) is 30.3 Å². The largest absolute Gasteiger partial charge is 0.378 e. The van der Waals surface area contributed by atoms with Crippen LogP contribution in [0.3, 0.4) is 0 Å². The number of nitrogens with one attached hydrogen (secondary N) is 2. The predicted molar refractivity (Wildman–Crippen MR) is 166 cm³/mol. The lowest BCUT2D eigenvalue weighted by molar-refractivity contribution is 0.0434. The Morgan fingerprint density at radius 1 is 1.21 bits per heavy atom. The summed E-state index contributed by atoms with van der Waals surface area (Å²) in [4.78, 5) is 24.4. The van der Waals surface area contributed by atoms with Crippen LogP contribution in [-0.2, 0) is 11.2 Å². The number of rotatable bonds is 10. The van der Waals surface area contributed by atoms with E-state index in [2.05, 4.69) is 34.1 Å². The molecule has 11 heteroatoms. The van der Waals surface area contributed by atoms with Crippen LogP contribution in [0, 0.1) is 11.7 Å². The van der Waals surface area contributed by atoms with Gasteiger partial charge < -0.3 is 26.5 Å². The number of guanidine groups is 1. The Kier molecular flexibility index (Phi) is 9.25. The minimum absolute atomic E-state index is 0.00409. The van der Waals surface area contributed by atoms with Gasteiger partial charge in [-0.15, -0.1) is 0 Å². The monoisotopic (exact) mass is 593 g/mol. The van der Waals surface area contributed by atoms with Gasteiger partial charge in [0.25, 0.3) is 0 Å². The molecule has 6 N–H and O–H groups in total. The van der Waals surface area contributed by atoms with Crippen molar-refractivity contribution < 1.29 is 9.13 Å². The highest BCUT2D eigenvalue weighted by molar-refractivity contribution is 6.31. The summed E-state index contributed by atoms with van der Waals surface area (Å²) in [5.74, 6) is 0.180. The third-order valence-corrected chi connectivity index (χ3v) is 7.79. The Labute approximate surface area is 249 Å². The molecular weight excluding hydrogens is 557 g/mol. The number of ether oxygens (including phenoxy) is 1. The van der Waals surface area contributed by atoms with Crippen molar-refractivity contribution in [3.63, 3.8) is 0 Å². The highest BCUT2D eigenvalue weighted by Gasteiger charge is 2.23. The average Bonchev–Trinajstić information content (AvgIpc) is 3.37. The molecule has 42 heavy (non-hydrogen) atoms. The molecule has 222 valence electrons. The summed E-state index contributed by atoms with van der Waals surface area (Å²) in [6.45, 7) is 6.02. The average molecular weight is 594 g/mol. The minimum Gasteiger partial charge on any atom is -0.378 e. The molecule has 0 amide bonds. The molecule has 9 nitrogen and oxygen atoms in total. The summed E-state index contributed by atoms with van der Waals surface area (Å²) >= 11 is 6.26. The molecule has 2 aromatic carbocycles. The van der Waals surface area contributed by atoms with Gasteiger partial charge in [-0.05, 0) is 66.6 Å². The van der Waals surface area contributed by atoms with E-state index in [1.165, 1.54) is 4.57 Å². The maximum absolute atomic E-state index is 15.1. The minimum atomic E-state index is -0.500. The van der Waals surface area contributed by atoms with Crippen molar-refractivity contribution in [2.75, 3.05) is 19.8 Å². The van der Waals surface area contributed by atoms with Gasteiger partial charge in [0.2, 0.25) is 0 Å². The number of nitrogens with two attached hydrogens (primary N) is 2. The number of aromatic amines is 1. The molecular formula is C31H37ClFN7O2. The zero-order valence-corrected chi connectivity index (χ0v) is 24.6. The summed E-state index contributed by atoms with van der Waals surface area (Å²) in [5.41, 5.74) is 14.4. The Hall–Kier alpha value is -3.73. The van der Waals surface area contributed by atoms with Crippen LogP contribution in [0.5, 0.6) is 0 Å². The van der Waals surface area contributed by atoms with Crippen LogP contribution in [0.15, 0.2) is 58.4 Å². The van der Waals surface area contributed by atoms with E-state index in [9.17, 15) is 4.79 Å². The first-order chi connectivity index (χ1) is 20.2.